The van der Waals surface area contributed by atoms with E-state index in [0.29, 0.717) is 17.1 Å². The Kier molecular flexibility index (Phi) is 3.35. The van der Waals surface area contributed by atoms with Crippen molar-refractivity contribution in [3.05, 3.63) is 59.6 Å². The molecule has 0 saturated heterocycles. The van der Waals surface area contributed by atoms with E-state index in [1.165, 1.54) is 30.3 Å². The molecule has 144 valence electrons. The molecule has 2 amide bonds. The van der Waals surface area contributed by atoms with Crippen LogP contribution in [0, 0.1) is 18.2 Å². The summed E-state index contributed by atoms with van der Waals surface area (Å²) in [6, 6.07) is 6.38. The van der Waals surface area contributed by atoms with Crippen LogP contribution >= 0.6 is 0 Å². The van der Waals surface area contributed by atoms with E-state index >= 15 is 4.39 Å². The lowest BCUT2D eigenvalue weighted by Gasteiger charge is -2.38. The Bertz CT molecular complexity index is 1180. The minimum Gasteiger partial charge on any atom is -0.508 e. The number of phenolic OH excluding ortho intramolecular Hbond substituents is 1. The van der Waals surface area contributed by atoms with Crippen LogP contribution in [0.25, 0.3) is 0 Å². The van der Waals surface area contributed by atoms with E-state index in [1.54, 1.807) is 4.90 Å². The Morgan fingerprint density at radius 1 is 1.17 bits per heavy atom. The lowest BCUT2D eigenvalue weighted by atomic mass is 10.1. The van der Waals surface area contributed by atoms with E-state index in [9.17, 15) is 14.7 Å². The van der Waals surface area contributed by atoms with Gasteiger partial charge in [-0.25, -0.2) is 9.29 Å². The second kappa shape index (κ2) is 5.61. The van der Waals surface area contributed by atoms with Crippen molar-refractivity contribution in [3.63, 3.8) is 0 Å². The summed E-state index contributed by atoms with van der Waals surface area (Å²) in [6.45, 7) is 4.28. The predicted octanol–water partition coefficient (Wildman–Crippen LogP) is 3.21. The average molecular weight is 390 g/mol. The molecular formula is C22H15FN2O4. The molecule has 1 N–H and O–H groups in total. The second-order valence-corrected chi connectivity index (χ2v) is 7.28. The largest absolute Gasteiger partial charge is 0.508 e. The molecule has 0 radical (unpaired) electrons. The molecule has 0 unspecified atom stereocenters. The van der Waals surface area contributed by atoms with Crippen molar-refractivity contribution in [2.24, 2.45) is 0 Å². The summed E-state index contributed by atoms with van der Waals surface area (Å²) in [5.41, 5.74) is 0.465. The molecule has 6 nitrogen and oxygen atoms in total. The first kappa shape index (κ1) is 17.3. The fraction of sp³-hybridized carbons (Fsp3) is 0.182. The standard InChI is InChI=1S/C22H15FN2O4/c1-3-8-24-12(2)22(6-7-22)29-19-10-16(23)17(11-18(19)24)25-20(27)14-5-4-13(26)9-15(14)21(25)28/h1,4-5,9-11,26H,2,6-8H2. The number of phenols is 1. The maximum Gasteiger partial charge on any atom is 0.266 e. The van der Waals surface area contributed by atoms with Gasteiger partial charge in [-0.2, -0.15) is 0 Å². The van der Waals surface area contributed by atoms with Crippen molar-refractivity contribution >= 4 is 23.2 Å². The van der Waals surface area contributed by atoms with Gasteiger partial charge in [0.15, 0.2) is 5.82 Å². The lowest BCUT2D eigenvalue weighted by Crippen LogP contribution is -2.39. The van der Waals surface area contributed by atoms with Gasteiger partial charge in [0.05, 0.1) is 34.7 Å². The summed E-state index contributed by atoms with van der Waals surface area (Å²) in [6.07, 6.45) is 7.03. The first-order valence-electron chi connectivity index (χ1n) is 9.01. The summed E-state index contributed by atoms with van der Waals surface area (Å²) < 4.78 is 21.0. The number of ether oxygens (including phenoxy) is 1. The van der Waals surface area contributed by atoms with Crippen LogP contribution in [0.1, 0.15) is 33.6 Å². The van der Waals surface area contributed by atoms with Crippen LogP contribution in [0.3, 0.4) is 0 Å². The number of carbonyl (C=O) groups excluding carboxylic acids is 2. The van der Waals surface area contributed by atoms with Crippen LogP contribution in [0.15, 0.2) is 42.6 Å². The molecule has 1 saturated carbocycles. The number of carbonyl (C=O) groups is 2. The van der Waals surface area contributed by atoms with Crippen molar-refractivity contribution < 1.29 is 23.8 Å². The molecule has 0 aromatic heterocycles. The minimum atomic E-state index is -0.772. The van der Waals surface area contributed by atoms with Crippen LogP contribution in [0.2, 0.25) is 0 Å². The van der Waals surface area contributed by atoms with Gasteiger partial charge in [0, 0.05) is 6.07 Å². The first-order valence-corrected chi connectivity index (χ1v) is 9.01. The molecule has 0 bridgehead atoms. The number of benzene rings is 2. The summed E-state index contributed by atoms with van der Waals surface area (Å²) in [4.78, 5) is 28.1. The maximum atomic E-state index is 15.0. The number of halogens is 1. The Morgan fingerprint density at radius 2 is 1.90 bits per heavy atom. The number of imide groups is 1. The second-order valence-electron chi connectivity index (χ2n) is 7.28. The van der Waals surface area contributed by atoms with Gasteiger partial charge in [-0.15, -0.1) is 6.42 Å². The van der Waals surface area contributed by atoms with Crippen LogP contribution in [0.5, 0.6) is 11.5 Å². The molecule has 2 aromatic rings. The third-order valence-corrected chi connectivity index (χ3v) is 5.54. The summed E-state index contributed by atoms with van der Waals surface area (Å²) in [7, 11) is 0. The normalized spacial score (nSPS) is 18.4. The quantitative estimate of drug-likeness (QED) is 0.630. The fourth-order valence-electron chi connectivity index (χ4n) is 3.88. The van der Waals surface area contributed by atoms with E-state index in [2.05, 4.69) is 12.5 Å². The lowest BCUT2D eigenvalue weighted by molar-refractivity contribution is 0.0924. The highest BCUT2D eigenvalue weighted by Gasteiger charge is 2.53. The van der Waals surface area contributed by atoms with Crippen LogP contribution in [0.4, 0.5) is 15.8 Å². The molecule has 5 rings (SSSR count). The molecule has 7 heteroatoms. The number of rotatable bonds is 2. The van der Waals surface area contributed by atoms with Crippen molar-refractivity contribution in [1.29, 1.82) is 0 Å². The molecule has 2 aliphatic heterocycles. The number of hydrogen-bond acceptors (Lipinski definition) is 5. The number of aromatic hydroxyl groups is 1. The molecule has 1 spiro atoms. The van der Waals surface area contributed by atoms with Crippen LogP contribution in [-0.4, -0.2) is 29.1 Å². The zero-order chi connectivity index (χ0) is 20.5. The van der Waals surface area contributed by atoms with E-state index < -0.39 is 23.2 Å². The highest BCUT2D eigenvalue weighted by molar-refractivity contribution is 6.34. The molecule has 2 heterocycles. The van der Waals surface area contributed by atoms with Crippen molar-refractivity contribution in [3.8, 4) is 23.8 Å². The number of anilines is 2. The minimum absolute atomic E-state index is 0.0187. The Morgan fingerprint density at radius 3 is 2.59 bits per heavy atom. The molecule has 29 heavy (non-hydrogen) atoms. The molecule has 0 atom stereocenters. The third-order valence-electron chi connectivity index (χ3n) is 5.54. The molecule has 2 aromatic carbocycles. The number of nitrogens with zero attached hydrogens (tertiary/aromatic N) is 2. The third kappa shape index (κ3) is 2.29. The number of fused-ring (bicyclic) bond motifs is 2. The Labute approximate surface area is 165 Å². The van der Waals surface area contributed by atoms with Gasteiger partial charge in [-0.05, 0) is 37.1 Å². The van der Waals surface area contributed by atoms with Crippen molar-refractivity contribution in [2.45, 2.75) is 18.4 Å². The topological polar surface area (TPSA) is 70.1 Å². The summed E-state index contributed by atoms with van der Waals surface area (Å²) >= 11 is 0. The monoisotopic (exact) mass is 390 g/mol. The van der Waals surface area contributed by atoms with Gasteiger partial charge in [0.25, 0.3) is 11.8 Å². The van der Waals surface area contributed by atoms with Gasteiger partial charge in [0.2, 0.25) is 0 Å². The zero-order valence-corrected chi connectivity index (χ0v) is 15.2. The van der Waals surface area contributed by atoms with E-state index in [1.807, 2.05) is 0 Å². The number of amides is 2. The van der Waals surface area contributed by atoms with E-state index in [0.717, 1.165) is 17.7 Å². The van der Waals surface area contributed by atoms with Crippen molar-refractivity contribution in [2.75, 3.05) is 16.3 Å². The number of terminal acetylenes is 1. The molecule has 1 aliphatic carbocycles. The highest BCUT2D eigenvalue weighted by Crippen LogP contribution is 2.54. The Balaban J connectivity index is 1.63. The molecule has 1 fully saturated rings. The van der Waals surface area contributed by atoms with Gasteiger partial charge in [0.1, 0.15) is 17.1 Å². The van der Waals surface area contributed by atoms with E-state index in [4.69, 9.17) is 11.2 Å². The van der Waals surface area contributed by atoms with Gasteiger partial charge < -0.3 is 14.7 Å². The molecule has 3 aliphatic rings. The van der Waals surface area contributed by atoms with Gasteiger partial charge >= 0.3 is 0 Å². The van der Waals surface area contributed by atoms with E-state index in [-0.39, 0.29) is 29.1 Å². The van der Waals surface area contributed by atoms with Crippen LogP contribution < -0.4 is 14.5 Å². The number of hydrogen-bond donors (Lipinski definition) is 1. The van der Waals surface area contributed by atoms with Gasteiger partial charge in [-0.1, -0.05) is 12.5 Å². The van der Waals surface area contributed by atoms with Crippen LogP contribution in [-0.2, 0) is 0 Å². The SMILES string of the molecule is C#CCN1C(=C)C2(CC2)Oc2cc(F)c(N3C(=O)c4ccc(O)cc4C3=O)cc21. The Hall–Kier alpha value is -3.79. The highest BCUT2D eigenvalue weighted by atomic mass is 19.1. The fourth-order valence-corrected chi connectivity index (χ4v) is 3.88. The summed E-state index contributed by atoms with van der Waals surface area (Å²) in [5, 5.41) is 9.64. The van der Waals surface area contributed by atoms with Gasteiger partial charge in [-0.3, -0.25) is 9.59 Å². The first-order chi connectivity index (χ1) is 13.9. The van der Waals surface area contributed by atoms with Crippen molar-refractivity contribution in [1.82, 2.24) is 0 Å². The summed E-state index contributed by atoms with van der Waals surface area (Å²) in [5.74, 6) is 0.546. The average Bonchev–Trinajstić information content (AvgIpc) is 3.42. The zero-order valence-electron chi connectivity index (χ0n) is 15.2. The molecular weight excluding hydrogens is 375 g/mol. The predicted molar refractivity (Wildman–Crippen MR) is 104 cm³/mol. The maximum absolute atomic E-state index is 15.0. The smallest absolute Gasteiger partial charge is 0.266 e.